The van der Waals surface area contributed by atoms with Crippen molar-refractivity contribution in [2.45, 2.75) is 6.54 Å². The number of hydrogen-bond donors (Lipinski definition) is 0. The maximum Gasteiger partial charge on any atom is 0.147 e. The molecule has 0 N–H and O–H groups in total. The highest BCUT2D eigenvalue weighted by Gasteiger charge is 2.19. The van der Waals surface area contributed by atoms with E-state index in [2.05, 4.69) is 25.8 Å². The summed E-state index contributed by atoms with van der Waals surface area (Å²) in [5.74, 6) is 0. The molecule has 21 heavy (non-hydrogen) atoms. The molecule has 0 bridgehead atoms. The molecule has 6 heteroatoms. The Morgan fingerprint density at radius 1 is 0.952 bits per heavy atom. The van der Waals surface area contributed by atoms with Crippen molar-refractivity contribution in [2.24, 2.45) is 0 Å². The van der Waals surface area contributed by atoms with Crippen molar-refractivity contribution in [2.75, 3.05) is 31.1 Å². The average Bonchev–Trinajstić information content (AvgIpc) is 2.51. The van der Waals surface area contributed by atoms with Crippen LogP contribution in [0.15, 0.2) is 36.7 Å². The molecule has 1 aromatic carbocycles. The largest absolute Gasteiger partial charge is 0.368 e. The van der Waals surface area contributed by atoms with Gasteiger partial charge in [-0.3, -0.25) is 9.88 Å². The molecule has 1 aromatic heterocycles. The third kappa shape index (κ3) is 3.64. The van der Waals surface area contributed by atoms with Crippen molar-refractivity contribution in [3.8, 4) is 0 Å². The van der Waals surface area contributed by atoms with Gasteiger partial charge in [0.1, 0.15) is 5.15 Å². The zero-order chi connectivity index (χ0) is 14.7. The lowest BCUT2D eigenvalue weighted by molar-refractivity contribution is 0.247. The number of halogens is 2. The van der Waals surface area contributed by atoms with Crippen LogP contribution >= 0.6 is 23.2 Å². The Labute approximate surface area is 134 Å². The molecular formula is C15H16Cl2N4. The minimum Gasteiger partial charge on any atom is -0.368 e. The summed E-state index contributed by atoms with van der Waals surface area (Å²) < 4.78 is 0. The molecule has 0 saturated carbocycles. The summed E-state index contributed by atoms with van der Waals surface area (Å²) in [6, 6.07) is 7.99. The number of piperazine rings is 1. The van der Waals surface area contributed by atoms with Crippen molar-refractivity contribution in [1.29, 1.82) is 0 Å². The molecule has 0 spiro atoms. The highest BCUT2D eigenvalue weighted by Crippen LogP contribution is 2.26. The van der Waals surface area contributed by atoms with Gasteiger partial charge in [-0.15, -0.1) is 0 Å². The number of nitrogens with zero attached hydrogens (tertiary/aromatic N) is 4. The fraction of sp³-hybridized carbons (Fsp3) is 0.333. The van der Waals surface area contributed by atoms with E-state index < -0.39 is 0 Å². The van der Waals surface area contributed by atoms with Crippen LogP contribution in [0, 0.1) is 0 Å². The fourth-order valence-electron chi connectivity index (χ4n) is 2.50. The lowest BCUT2D eigenvalue weighted by Crippen LogP contribution is -2.46. The second kappa shape index (κ2) is 6.60. The summed E-state index contributed by atoms with van der Waals surface area (Å²) in [7, 11) is 0. The highest BCUT2D eigenvalue weighted by atomic mass is 35.5. The predicted molar refractivity (Wildman–Crippen MR) is 86.0 cm³/mol. The van der Waals surface area contributed by atoms with Gasteiger partial charge in [0, 0.05) is 32.7 Å². The van der Waals surface area contributed by atoms with E-state index in [1.165, 1.54) is 0 Å². The molecule has 0 unspecified atom stereocenters. The quantitative estimate of drug-likeness (QED) is 0.869. The van der Waals surface area contributed by atoms with Gasteiger partial charge in [0.2, 0.25) is 0 Å². The normalized spacial score (nSPS) is 16.2. The molecule has 110 valence electrons. The van der Waals surface area contributed by atoms with Crippen LogP contribution in [-0.4, -0.2) is 41.0 Å². The smallest absolute Gasteiger partial charge is 0.147 e. The molecule has 0 radical (unpaired) electrons. The molecule has 2 heterocycles. The van der Waals surface area contributed by atoms with Crippen LogP contribution in [0.5, 0.6) is 0 Å². The number of rotatable bonds is 3. The standard InChI is InChI=1S/C15H16Cl2N4/c16-13-3-1-2-4-14(13)21-7-5-20(6-8-21)11-12-9-19-15(17)10-18-12/h1-4,9-10H,5-8,11H2. The van der Waals surface area contributed by atoms with Crippen LogP contribution in [-0.2, 0) is 6.54 Å². The monoisotopic (exact) mass is 322 g/mol. The van der Waals surface area contributed by atoms with Gasteiger partial charge in [-0.05, 0) is 12.1 Å². The molecule has 1 saturated heterocycles. The summed E-state index contributed by atoms with van der Waals surface area (Å²) in [6.07, 6.45) is 3.33. The average molecular weight is 323 g/mol. The van der Waals surface area contributed by atoms with Crippen LogP contribution in [0.1, 0.15) is 5.69 Å². The molecular weight excluding hydrogens is 307 g/mol. The van der Waals surface area contributed by atoms with E-state index in [0.717, 1.165) is 49.1 Å². The van der Waals surface area contributed by atoms with Gasteiger partial charge in [-0.2, -0.15) is 0 Å². The van der Waals surface area contributed by atoms with Gasteiger partial charge in [0.15, 0.2) is 0 Å². The SMILES string of the molecule is Clc1cnc(CN2CCN(c3ccccc3Cl)CC2)cn1. The van der Waals surface area contributed by atoms with Crippen LogP contribution in [0.3, 0.4) is 0 Å². The van der Waals surface area contributed by atoms with E-state index in [-0.39, 0.29) is 0 Å². The molecule has 4 nitrogen and oxygen atoms in total. The van der Waals surface area contributed by atoms with Gasteiger partial charge in [-0.25, -0.2) is 4.98 Å². The summed E-state index contributed by atoms with van der Waals surface area (Å²) in [5.41, 5.74) is 2.07. The number of anilines is 1. The number of hydrogen-bond acceptors (Lipinski definition) is 4. The molecule has 0 amide bonds. The van der Waals surface area contributed by atoms with Gasteiger partial charge in [-0.1, -0.05) is 35.3 Å². The number of para-hydroxylation sites is 1. The minimum atomic E-state index is 0.433. The van der Waals surface area contributed by atoms with E-state index in [1.807, 2.05) is 18.2 Å². The number of aromatic nitrogens is 2. The first-order chi connectivity index (χ1) is 10.2. The van der Waals surface area contributed by atoms with Gasteiger partial charge in [0.05, 0.1) is 28.8 Å². The first-order valence-corrected chi connectivity index (χ1v) is 7.66. The predicted octanol–water partition coefficient (Wildman–Crippen LogP) is 3.11. The summed E-state index contributed by atoms with van der Waals surface area (Å²) >= 11 is 12.0. The van der Waals surface area contributed by atoms with Crippen LogP contribution < -0.4 is 4.90 Å². The highest BCUT2D eigenvalue weighted by molar-refractivity contribution is 6.33. The molecule has 0 aliphatic carbocycles. The van der Waals surface area contributed by atoms with Crippen LogP contribution in [0.4, 0.5) is 5.69 Å². The van der Waals surface area contributed by atoms with E-state index in [9.17, 15) is 0 Å². The van der Waals surface area contributed by atoms with Crippen molar-refractivity contribution >= 4 is 28.9 Å². The fourth-order valence-corrected chi connectivity index (χ4v) is 2.86. The Hall–Kier alpha value is -1.36. The Kier molecular flexibility index (Phi) is 4.58. The van der Waals surface area contributed by atoms with E-state index in [1.54, 1.807) is 12.4 Å². The number of benzene rings is 1. The van der Waals surface area contributed by atoms with Gasteiger partial charge >= 0.3 is 0 Å². The molecule has 1 aliphatic rings. The van der Waals surface area contributed by atoms with E-state index >= 15 is 0 Å². The van der Waals surface area contributed by atoms with Crippen molar-refractivity contribution in [1.82, 2.24) is 14.9 Å². The summed E-state index contributed by atoms with van der Waals surface area (Å²) in [5, 5.41) is 1.25. The third-order valence-electron chi connectivity index (χ3n) is 3.62. The van der Waals surface area contributed by atoms with E-state index in [0.29, 0.717) is 5.15 Å². The first kappa shape index (κ1) is 14.6. The Bertz CT molecular complexity index is 595. The second-order valence-corrected chi connectivity index (χ2v) is 5.84. The molecule has 1 fully saturated rings. The third-order valence-corrected chi connectivity index (χ3v) is 4.14. The molecule has 3 rings (SSSR count). The minimum absolute atomic E-state index is 0.433. The summed E-state index contributed by atoms with van der Waals surface area (Å²) in [6.45, 7) is 4.70. The molecule has 1 aliphatic heterocycles. The lowest BCUT2D eigenvalue weighted by atomic mass is 10.2. The van der Waals surface area contributed by atoms with Crippen LogP contribution in [0.2, 0.25) is 10.2 Å². The Morgan fingerprint density at radius 2 is 1.71 bits per heavy atom. The Morgan fingerprint density at radius 3 is 2.38 bits per heavy atom. The van der Waals surface area contributed by atoms with Gasteiger partial charge in [0.25, 0.3) is 0 Å². The second-order valence-electron chi connectivity index (χ2n) is 5.05. The van der Waals surface area contributed by atoms with Crippen molar-refractivity contribution in [3.05, 3.63) is 52.5 Å². The lowest BCUT2D eigenvalue weighted by Gasteiger charge is -2.36. The zero-order valence-corrected chi connectivity index (χ0v) is 13.1. The van der Waals surface area contributed by atoms with E-state index in [4.69, 9.17) is 23.2 Å². The maximum atomic E-state index is 6.25. The van der Waals surface area contributed by atoms with Crippen molar-refractivity contribution in [3.63, 3.8) is 0 Å². The molecule has 2 aromatic rings. The van der Waals surface area contributed by atoms with Crippen molar-refractivity contribution < 1.29 is 0 Å². The maximum absolute atomic E-state index is 6.25. The Balaban J connectivity index is 1.58. The molecule has 0 atom stereocenters. The summed E-state index contributed by atoms with van der Waals surface area (Å²) in [4.78, 5) is 13.1. The first-order valence-electron chi connectivity index (χ1n) is 6.90. The van der Waals surface area contributed by atoms with Crippen LogP contribution in [0.25, 0.3) is 0 Å². The van der Waals surface area contributed by atoms with Gasteiger partial charge < -0.3 is 4.90 Å². The zero-order valence-electron chi connectivity index (χ0n) is 11.5. The topological polar surface area (TPSA) is 32.3 Å².